The van der Waals surface area contributed by atoms with Crippen molar-refractivity contribution in [1.82, 2.24) is 20.1 Å². The molecule has 1 N–H and O–H groups in total. The van der Waals surface area contributed by atoms with E-state index in [2.05, 4.69) is 27.3 Å². The van der Waals surface area contributed by atoms with Gasteiger partial charge < -0.3 is 10.2 Å². The molecule has 5 rings (SSSR count). The minimum Gasteiger partial charge on any atom is -0.359 e. The molecule has 1 spiro atoms. The van der Waals surface area contributed by atoms with E-state index in [1.54, 1.807) is 13.2 Å². The number of nitrogens with one attached hydrogen (secondary N) is 1. The molecular formula is C25H26N4O2. The maximum Gasteiger partial charge on any atom is 0.253 e. The number of aromatic nitrogens is 1. The van der Waals surface area contributed by atoms with E-state index in [9.17, 15) is 9.59 Å². The smallest absolute Gasteiger partial charge is 0.253 e. The Balaban J connectivity index is 1.32. The summed E-state index contributed by atoms with van der Waals surface area (Å²) in [6.45, 7) is 3.59. The zero-order chi connectivity index (χ0) is 21.4. The highest BCUT2D eigenvalue weighted by molar-refractivity contribution is 5.98. The first-order valence-electron chi connectivity index (χ1n) is 10.7. The summed E-state index contributed by atoms with van der Waals surface area (Å²) in [6.07, 6.45) is 1.75. The molecule has 0 radical (unpaired) electrons. The Morgan fingerprint density at radius 1 is 1.06 bits per heavy atom. The van der Waals surface area contributed by atoms with Gasteiger partial charge in [0.2, 0.25) is 5.91 Å². The predicted octanol–water partition coefficient (Wildman–Crippen LogP) is 2.55. The van der Waals surface area contributed by atoms with Gasteiger partial charge >= 0.3 is 0 Å². The lowest BCUT2D eigenvalue weighted by Crippen LogP contribution is -2.63. The third kappa shape index (κ3) is 3.57. The summed E-state index contributed by atoms with van der Waals surface area (Å²) in [5.41, 5.74) is 2.62. The SMILES string of the molecule is CNC(=O)C1CN(Cc2ccccc2)CC12CN(C(=O)c1ccc3ncccc3c1)C2. The minimum absolute atomic E-state index is 0.0218. The van der Waals surface area contributed by atoms with Gasteiger partial charge in [-0.15, -0.1) is 0 Å². The van der Waals surface area contributed by atoms with Gasteiger partial charge in [0.1, 0.15) is 0 Å². The largest absolute Gasteiger partial charge is 0.359 e. The van der Waals surface area contributed by atoms with Crippen molar-refractivity contribution in [3.63, 3.8) is 0 Å². The van der Waals surface area contributed by atoms with E-state index in [1.807, 2.05) is 53.4 Å². The van der Waals surface area contributed by atoms with Crippen LogP contribution in [0.1, 0.15) is 15.9 Å². The molecular weight excluding hydrogens is 388 g/mol. The monoisotopic (exact) mass is 414 g/mol. The van der Waals surface area contributed by atoms with Gasteiger partial charge in [-0.05, 0) is 29.8 Å². The Morgan fingerprint density at radius 2 is 1.87 bits per heavy atom. The molecule has 0 saturated carbocycles. The van der Waals surface area contributed by atoms with Gasteiger partial charge in [0.05, 0.1) is 11.4 Å². The zero-order valence-corrected chi connectivity index (χ0v) is 17.6. The van der Waals surface area contributed by atoms with Crippen LogP contribution in [0.3, 0.4) is 0 Å². The number of benzene rings is 2. The van der Waals surface area contributed by atoms with Crippen LogP contribution in [0.2, 0.25) is 0 Å². The van der Waals surface area contributed by atoms with Gasteiger partial charge in [-0.3, -0.25) is 19.5 Å². The van der Waals surface area contributed by atoms with Crippen LogP contribution >= 0.6 is 0 Å². The summed E-state index contributed by atoms with van der Waals surface area (Å²) in [7, 11) is 1.70. The average molecular weight is 415 g/mol. The van der Waals surface area contributed by atoms with Crippen molar-refractivity contribution in [2.75, 3.05) is 33.2 Å². The molecule has 2 aliphatic rings. The van der Waals surface area contributed by atoms with E-state index < -0.39 is 0 Å². The molecule has 158 valence electrons. The normalized spacial score (nSPS) is 20.0. The lowest BCUT2D eigenvalue weighted by atomic mass is 9.71. The van der Waals surface area contributed by atoms with Gasteiger partial charge in [0, 0.05) is 62.3 Å². The molecule has 2 amide bonds. The molecule has 2 aliphatic heterocycles. The number of amides is 2. The first kappa shape index (κ1) is 19.7. The molecule has 2 fully saturated rings. The molecule has 2 saturated heterocycles. The third-order valence-corrected chi connectivity index (χ3v) is 6.68. The molecule has 6 heteroatoms. The third-order valence-electron chi connectivity index (χ3n) is 6.68. The lowest BCUT2D eigenvalue weighted by molar-refractivity contribution is -0.130. The second kappa shape index (κ2) is 7.78. The number of fused-ring (bicyclic) bond motifs is 1. The fourth-order valence-corrected chi connectivity index (χ4v) is 5.14. The number of pyridine rings is 1. The van der Waals surface area contributed by atoms with E-state index in [0.717, 1.165) is 30.5 Å². The highest BCUT2D eigenvalue weighted by atomic mass is 16.2. The number of hydrogen-bond acceptors (Lipinski definition) is 4. The summed E-state index contributed by atoms with van der Waals surface area (Å²) in [5.74, 6) is -0.0148. The highest BCUT2D eigenvalue weighted by Crippen LogP contribution is 2.45. The summed E-state index contributed by atoms with van der Waals surface area (Å²) >= 11 is 0. The Kier molecular flexibility index (Phi) is 4.94. The number of rotatable bonds is 4. The van der Waals surface area contributed by atoms with Crippen molar-refractivity contribution in [2.45, 2.75) is 6.54 Å². The molecule has 2 aromatic carbocycles. The molecule has 1 aromatic heterocycles. The van der Waals surface area contributed by atoms with Crippen molar-refractivity contribution >= 4 is 22.7 Å². The highest BCUT2D eigenvalue weighted by Gasteiger charge is 2.57. The summed E-state index contributed by atoms with van der Waals surface area (Å²) in [4.78, 5) is 34.3. The first-order chi connectivity index (χ1) is 15.1. The summed E-state index contributed by atoms with van der Waals surface area (Å²) in [6, 6.07) is 19.8. The Morgan fingerprint density at radius 3 is 2.65 bits per heavy atom. The van der Waals surface area contributed by atoms with Gasteiger partial charge in [-0.1, -0.05) is 36.4 Å². The van der Waals surface area contributed by atoms with E-state index in [-0.39, 0.29) is 23.1 Å². The first-order valence-corrected chi connectivity index (χ1v) is 10.7. The van der Waals surface area contributed by atoms with Crippen molar-refractivity contribution in [3.05, 3.63) is 78.0 Å². The molecule has 0 bridgehead atoms. The second-order valence-corrected chi connectivity index (χ2v) is 8.76. The fourth-order valence-electron chi connectivity index (χ4n) is 5.14. The quantitative estimate of drug-likeness (QED) is 0.713. The predicted molar refractivity (Wildman–Crippen MR) is 119 cm³/mol. The van der Waals surface area contributed by atoms with Gasteiger partial charge in [-0.2, -0.15) is 0 Å². The second-order valence-electron chi connectivity index (χ2n) is 8.76. The fraction of sp³-hybridized carbons (Fsp3) is 0.320. The molecule has 6 nitrogen and oxygen atoms in total. The average Bonchev–Trinajstić information content (AvgIpc) is 3.17. The standard InChI is InChI=1S/C25H26N4O2/c1-26-23(30)21-14-28(13-18-6-3-2-4-7-18)15-25(21)16-29(17-25)24(31)20-9-10-22-19(12-20)8-5-11-27-22/h2-12,21H,13-17H2,1H3,(H,26,30). The van der Waals surface area contributed by atoms with Crippen LogP contribution in [0, 0.1) is 11.3 Å². The number of likely N-dealkylation sites (tertiary alicyclic amines) is 2. The van der Waals surface area contributed by atoms with Crippen LogP contribution in [0.25, 0.3) is 10.9 Å². The van der Waals surface area contributed by atoms with Crippen LogP contribution in [-0.2, 0) is 11.3 Å². The van der Waals surface area contributed by atoms with Crippen LogP contribution in [0.15, 0.2) is 66.9 Å². The zero-order valence-electron chi connectivity index (χ0n) is 17.6. The van der Waals surface area contributed by atoms with Crippen molar-refractivity contribution in [1.29, 1.82) is 0 Å². The molecule has 3 heterocycles. The maximum atomic E-state index is 13.1. The maximum absolute atomic E-state index is 13.1. The number of hydrogen-bond donors (Lipinski definition) is 1. The Bertz CT molecular complexity index is 1120. The van der Waals surface area contributed by atoms with Crippen LogP contribution in [0.4, 0.5) is 0 Å². The van der Waals surface area contributed by atoms with E-state index in [4.69, 9.17) is 0 Å². The van der Waals surface area contributed by atoms with Crippen LogP contribution in [0.5, 0.6) is 0 Å². The Labute approximate surface area is 181 Å². The van der Waals surface area contributed by atoms with Gasteiger partial charge in [0.25, 0.3) is 5.91 Å². The summed E-state index contributed by atoms with van der Waals surface area (Å²) in [5, 5.41) is 3.79. The number of nitrogens with zero attached hydrogens (tertiary/aromatic N) is 3. The van der Waals surface area contributed by atoms with E-state index in [0.29, 0.717) is 18.7 Å². The van der Waals surface area contributed by atoms with Crippen LogP contribution in [-0.4, -0.2) is 59.8 Å². The minimum atomic E-state index is -0.178. The molecule has 1 unspecified atom stereocenters. The molecule has 31 heavy (non-hydrogen) atoms. The topological polar surface area (TPSA) is 65.5 Å². The lowest BCUT2D eigenvalue weighted by Gasteiger charge is -2.50. The number of carbonyl (C=O) groups is 2. The molecule has 0 aliphatic carbocycles. The molecule has 3 aromatic rings. The van der Waals surface area contributed by atoms with E-state index in [1.165, 1.54) is 5.56 Å². The van der Waals surface area contributed by atoms with E-state index >= 15 is 0 Å². The number of carbonyl (C=O) groups excluding carboxylic acids is 2. The van der Waals surface area contributed by atoms with Gasteiger partial charge in [0.15, 0.2) is 0 Å². The van der Waals surface area contributed by atoms with Crippen molar-refractivity contribution in [2.24, 2.45) is 11.3 Å². The molecule has 1 atom stereocenters. The Hall–Kier alpha value is -3.25. The summed E-state index contributed by atoms with van der Waals surface area (Å²) < 4.78 is 0. The van der Waals surface area contributed by atoms with Crippen LogP contribution < -0.4 is 5.32 Å². The van der Waals surface area contributed by atoms with Crippen molar-refractivity contribution in [3.8, 4) is 0 Å². The van der Waals surface area contributed by atoms with Crippen molar-refractivity contribution < 1.29 is 9.59 Å². The van der Waals surface area contributed by atoms with Gasteiger partial charge in [-0.25, -0.2) is 0 Å².